The van der Waals surface area contributed by atoms with Gasteiger partial charge in [0.25, 0.3) is 0 Å². The van der Waals surface area contributed by atoms with Crippen LogP contribution in [0, 0.1) is 0 Å². The first-order valence-corrected chi connectivity index (χ1v) is 4.48. The van der Waals surface area contributed by atoms with Gasteiger partial charge in [-0.2, -0.15) is 13.2 Å². The van der Waals surface area contributed by atoms with Gasteiger partial charge in [0.1, 0.15) is 0 Å². The van der Waals surface area contributed by atoms with Crippen LogP contribution < -0.4 is 10.6 Å². The SMILES string of the molecule is CN(c1ccccc1)C(C(N)=O)C(F)(F)F. The van der Waals surface area contributed by atoms with E-state index in [-0.39, 0.29) is 5.69 Å². The third-order valence-electron chi connectivity index (χ3n) is 2.13. The van der Waals surface area contributed by atoms with E-state index in [9.17, 15) is 18.0 Å². The van der Waals surface area contributed by atoms with Crippen molar-refractivity contribution in [1.29, 1.82) is 0 Å². The molecule has 1 unspecified atom stereocenters. The number of hydrogen-bond acceptors (Lipinski definition) is 2. The first kappa shape index (κ1) is 12.4. The molecule has 0 heterocycles. The lowest BCUT2D eigenvalue weighted by Gasteiger charge is -2.29. The average Bonchev–Trinajstić information content (AvgIpc) is 2.16. The fourth-order valence-electron chi connectivity index (χ4n) is 1.38. The van der Waals surface area contributed by atoms with Crippen LogP contribution in [0.15, 0.2) is 30.3 Å². The number of nitrogens with zero attached hydrogens (tertiary/aromatic N) is 1. The predicted molar refractivity (Wildman–Crippen MR) is 53.9 cm³/mol. The van der Waals surface area contributed by atoms with Crippen LogP contribution in [-0.2, 0) is 4.79 Å². The highest BCUT2D eigenvalue weighted by Crippen LogP contribution is 2.27. The monoisotopic (exact) mass is 232 g/mol. The van der Waals surface area contributed by atoms with Crippen molar-refractivity contribution in [2.75, 3.05) is 11.9 Å². The molecule has 1 rings (SSSR count). The number of para-hydroxylation sites is 1. The fraction of sp³-hybridized carbons (Fsp3) is 0.300. The maximum Gasteiger partial charge on any atom is 0.417 e. The summed E-state index contributed by atoms with van der Waals surface area (Å²) < 4.78 is 37.7. The molecule has 1 atom stereocenters. The second-order valence-electron chi connectivity index (χ2n) is 3.29. The topological polar surface area (TPSA) is 46.3 Å². The third-order valence-corrected chi connectivity index (χ3v) is 2.13. The summed E-state index contributed by atoms with van der Waals surface area (Å²) in [5.41, 5.74) is 5.04. The van der Waals surface area contributed by atoms with E-state index in [0.717, 1.165) is 4.90 Å². The molecule has 0 aromatic heterocycles. The van der Waals surface area contributed by atoms with Crippen molar-refractivity contribution in [2.45, 2.75) is 12.2 Å². The Morgan fingerprint density at radius 1 is 1.31 bits per heavy atom. The Labute approximate surface area is 90.6 Å². The van der Waals surface area contributed by atoms with Gasteiger partial charge < -0.3 is 10.6 Å². The Hall–Kier alpha value is -1.72. The molecule has 0 radical (unpaired) electrons. The Balaban J connectivity index is 3.02. The molecule has 16 heavy (non-hydrogen) atoms. The number of rotatable bonds is 3. The molecule has 6 heteroatoms. The van der Waals surface area contributed by atoms with E-state index in [1.807, 2.05) is 0 Å². The van der Waals surface area contributed by atoms with E-state index >= 15 is 0 Å². The van der Waals surface area contributed by atoms with Gasteiger partial charge in [0.15, 0.2) is 0 Å². The van der Waals surface area contributed by atoms with Gasteiger partial charge in [0.05, 0.1) is 0 Å². The maximum absolute atomic E-state index is 12.6. The minimum absolute atomic E-state index is 0.281. The predicted octanol–water partition coefficient (Wildman–Crippen LogP) is 1.54. The number of carbonyl (C=O) groups excluding carboxylic acids is 1. The second kappa shape index (κ2) is 4.42. The van der Waals surface area contributed by atoms with E-state index in [1.54, 1.807) is 18.2 Å². The molecule has 1 amide bonds. The lowest BCUT2D eigenvalue weighted by atomic mass is 10.2. The summed E-state index contributed by atoms with van der Waals surface area (Å²) in [7, 11) is 1.18. The number of alkyl halides is 3. The van der Waals surface area contributed by atoms with E-state index < -0.39 is 18.1 Å². The van der Waals surface area contributed by atoms with Crippen molar-refractivity contribution in [3.05, 3.63) is 30.3 Å². The molecule has 1 aromatic rings. The Morgan fingerprint density at radius 2 is 1.81 bits per heavy atom. The summed E-state index contributed by atoms with van der Waals surface area (Å²) in [6, 6.07) is 5.48. The van der Waals surface area contributed by atoms with Crippen LogP contribution in [0.4, 0.5) is 18.9 Å². The van der Waals surface area contributed by atoms with Crippen molar-refractivity contribution < 1.29 is 18.0 Å². The van der Waals surface area contributed by atoms with Gasteiger partial charge in [0.2, 0.25) is 11.9 Å². The number of anilines is 1. The molecule has 1 aromatic carbocycles. The molecule has 0 aliphatic heterocycles. The molecule has 88 valence electrons. The standard InChI is InChI=1S/C10H11F3N2O/c1-15(7-5-3-2-4-6-7)8(9(14)16)10(11,12)13/h2-6,8H,1H3,(H2,14,16). The maximum atomic E-state index is 12.6. The van der Waals surface area contributed by atoms with Gasteiger partial charge in [0, 0.05) is 12.7 Å². The van der Waals surface area contributed by atoms with Gasteiger partial charge in [-0.3, -0.25) is 4.79 Å². The van der Waals surface area contributed by atoms with E-state index in [1.165, 1.54) is 19.2 Å². The van der Waals surface area contributed by atoms with Gasteiger partial charge in [-0.25, -0.2) is 0 Å². The van der Waals surface area contributed by atoms with Crippen molar-refractivity contribution in [3.8, 4) is 0 Å². The smallest absolute Gasteiger partial charge is 0.368 e. The molecule has 0 saturated heterocycles. The minimum Gasteiger partial charge on any atom is -0.368 e. The van der Waals surface area contributed by atoms with Crippen LogP contribution >= 0.6 is 0 Å². The van der Waals surface area contributed by atoms with Gasteiger partial charge >= 0.3 is 6.18 Å². The highest BCUT2D eigenvalue weighted by Gasteiger charge is 2.46. The molecule has 0 saturated carbocycles. The fourth-order valence-corrected chi connectivity index (χ4v) is 1.38. The van der Waals surface area contributed by atoms with Gasteiger partial charge in [-0.15, -0.1) is 0 Å². The number of halogens is 3. The number of carbonyl (C=O) groups is 1. The first-order valence-electron chi connectivity index (χ1n) is 4.48. The number of primary amides is 1. The van der Waals surface area contributed by atoms with Crippen LogP contribution in [-0.4, -0.2) is 25.2 Å². The molecule has 0 aliphatic carbocycles. The molecular formula is C10H11F3N2O. The number of likely N-dealkylation sites (N-methyl/N-ethyl adjacent to an activating group) is 1. The number of amides is 1. The highest BCUT2D eigenvalue weighted by molar-refractivity contribution is 5.84. The van der Waals surface area contributed by atoms with Gasteiger partial charge in [-0.1, -0.05) is 18.2 Å². The summed E-state index contributed by atoms with van der Waals surface area (Å²) in [6.45, 7) is 0. The van der Waals surface area contributed by atoms with E-state index in [0.29, 0.717) is 0 Å². The quantitative estimate of drug-likeness (QED) is 0.859. The van der Waals surface area contributed by atoms with Crippen LogP contribution in [0.1, 0.15) is 0 Å². The van der Waals surface area contributed by atoms with Crippen LogP contribution in [0.5, 0.6) is 0 Å². The lowest BCUT2D eigenvalue weighted by Crippen LogP contribution is -2.52. The van der Waals surface area contributed by atoms with Crippen LogP contribution in [0.25, 0.3) is 0 Å². The summed E-state index contributed by atoms with van der Waals surface area (Å²) in [5, 5.41) is 0. The van der Waals surface area contributed by atoms with E-state index in [4.69, 9.17) is 5.73 Å². The minimum atomic E-state index is -4.68. The number of benzene rings is 1. The number of nitrogens with two attached hydrogens (primary N) is 1. The molecule has 3 nitrogen and oxygen atoms in total. The largest absolute Gasteiger partial charge is 0.417 e. The second-order valence-corrected chi connectivity index (χ2v) is 3.29. The lowest BCUT2D eigenvalue weighted by molar-refractivity contribution is -0.160. The highest BCUT2D eigenvalue weighted by atomic mass is 19.4. The van der Waals surface area contributed by atoms with Crippen LogP contribution in [0.3, 0.4) is 0 Å². The van der Waals surface area contributed by atoms with Crippen molar-refractivity contribution in [2.24, 2.45) is 5.73 Å². The summed E-state index contributed by atoms with van der Waals surface area (Å²) in [4.78, 5) is 11.6. The van der Waals surface area contributed by atoms with E-state index in [2.05, 4.69) is 0 Å². The summed E-state index contributed by atoms with van der Waals surface area (Å²) in [6.07, 6.45) is -4.68. The Bertz CT molecular complexity index is 364. The van der Waals surface area contributed by atoms with Crippen molar-refractivity contribution in [3.63, 3.8) is 0 Å². The number of hydrogen-bond donors (Lipinski definition) is 1. The summed E-state index contributed by atoms with van der Waals surface area (Å²) in [5.74, 6) is -1.42. The Kier molecular flexibility index (Phi) is 3.41. The molecule has 0 fully saturated rings. The molecule has 2 N–H and O–H groups in total. The molecule has 0 spiro atoms. The first-order chi connectivity index (χ1) is 7.34. The zero-order chi connectivity index (χ0) is 12.3. The van der Waals surface area contributed by atoms with Gasteiger partial charge in [-0.05, 0) is 12.1 Å². The molecule has 0 bridgehead atoms. The average molecular weight is 232 g/mol. The third kappa shape index (κ3) is 2.65. The zero-order valence-electron chi connectivity index (χ0n) is 8.53. The van der Waals surface area contributed by atoms with Crippen LogP contribution in [0.2, 0.25) is 0 Å². The zero-order valence-corrected chi connectivity index (χ0v) is 8.53. The summed E-state index contributed by atoms with van der Waals surface area (Å²) >= 11 is 0. The Morgan fingerprint density at radius 3 is 2.19 bits per heavy atom. The molecular weight excluding hydrogens is 221 g/mol. The van der Waals surface area contributed by atoms with Crippen molar-refractivity contribution in [1.82, 2.24) is 0 Å². The molecule has 0 aliphatic rings. The normalized spacial score (nSPS) is 13.2. The van der Waals surface area contributed by atoms with Crippen molar-refractivity contribution >= 4 is 11.6 Å².